The number of hydrogen-bond donors (Lipinski definition) is 4. The van der Waals surface area contributed by atoms with Gasteiger partial charge in [-0.05, 0) is 12.8 Å². The third-order valence-electron chi connectivity index (χ3n) is 3.03. The quantitative estimate of drug-likeness (QED) is 0.319. The number of amides is 1. The maximum atomic E-state index is 11.6. The molecule has 124 valence electrons. The molecule has 0 aliphatic carbocycles. The van der Waals surface area contributed by atoms with Crippen LogP contribution in [0.15, 0.2) is 14.7 Å². The first kappa shape index (κ1) is 17.2. The lowest BCUT2D eigenvalue weighted by molar-refractivity contribution is -0.118. The maximum Gasteiger partial charge on any atom is 0.328 e. The van der Waals surface area contributed by atoms with E-state index in [-0.39, 0.29) is 11.3 Å². The van der Waals surface area contributed by atoms with Crippen LogP contribution in [0.4, 0.5) is 0 Å². The number of aromatic amines is 2. The van der Waals surface area contributed by atoms with Gasteiger partial charge in [0.1, 0.15) is 9.88 Å². The number of nitrogens with zero attached hydrogens (tertiary/aromatic N) is 2. The number of H-pyrrole nitrogens is 2. The van der Waals surface area contributed by atoms with E-state index in [2.05, 4.69) is 15.4 Å². The van der Waals surface area contributed by atoms with Crippen molar-refractivity contribution < 1.29 is 9.90 Å². The highest BCUT2D eigenvalue weighted by atomic mass is 32.2. The van der Waals surface area contributed by atoms with E-state index in [1.54, 1.807) is 0 Å². The van der Waals surface area contributed by atoms with Crippen molar-refractivity contribution in [2.75, 3.05) is 18.8 Å². The fraction of sp³-hybridized carbons (Fsp3) is 0.417. The number of nitrogens with one attached hydrogen (secondary N) is 3. The molecule has 1 aromatic heterocycles. The Hall–Kier alpha value is -2.14. The van der Waals surface area contributed by atoms with E-state index in [9.17, 15) is 19.5 Å². The molecule has 1 aliphatic heterocycles. The number of rotatable bonds is 4. The molecule has 0 atom stereocenters. The molecule has 1 fully saturated rings. The van der Waals surface area contributed by atoms with Crippen molar-refractivity contribution in [2.24, 2.45) is 5.10 Å². The average Bonchev–Trinajstić information content (AvgIpc) is 3.01. The molecule has 11 heteroatoms. The molecular weight excluding hydrogens is 342 g/mol. The van der Waals surface area contributed by atoms with Gasteiger partial charge in [0, 0.05) is 13.1 Å². The summed E-state index contributed by atoms with van der Waals surface area (Å²) in [4.78, 5) is 40.0. The topological polar surface area (TPSA) is 131 Å². The third-order valence-corrected chi connectivity index (χ3v) is 4.56. The molecule has 0 aromatic carbocycles. The molecule has 1 aromatic rings. The number of carbonyl (C=O) groups excluding carboxylic acids is 1. The third kappa shape index (κ3) is 4.93. The summed E-state index contributed by atoms with van der Waals surface area (Å²) >= 11 is 6.47. The molecule has 1 saturated heterocycles. The summed E-state index contributed by atoms with van der Waals surface area (Å²) in [6.45, 7) is 1.83. The summed E-state index contributed by atoms with van der Waals surface area (Å²) in [7, 11) is 0. The lowest BCUT2D eigenvalue weighted by atomic mass is 10.3. The number of thioether (sulfide) groups is 1. The molecule has 23 heavy (non-hydrogen) atoms. The molecule has 4 N–H and O–H groups in total. The zero-order chi connectivity index (χ0) is 16.8. The Morgan fingerprint density at radius 3 is 2.74 bits per heavy atom. The number of hydrogen-bond acceptors (Lipinski definition) is 7. The standard InChI is InChI=1S/C12H15N5O4S2/c18-8(6-23-12(22)17-3-1-2-4-17)16-13-5-7-9(19)14-11(21)15-10(7)20/h5H,1-4,6H2,(H,16,18)(H3,14,15,19,20,21)/b13-5+. The molecule has 0 spiro atoms. The molecule has 1 amide bonds. The highest BCUT2D eigenvalue weighted by Gasteiger charge is 2.16. The molecule has 9 nitrogen and oxygen atoms in total. The van der Waals surface area contributed by atoms with Crippen LogP contribution < -0.4 is 16.7 Å². The molecule has 0 bridgehead atoms. The summed E-state index contributed by atoms with van der Waals surface area (Å²) in [5, 5.41) is 13.0. The van der Waals surface area contributed by atoms with Gasteiger partial charge < -0.3 is 10.0 Å². The average molecular weight is 357 g/mol. The molecule has 0 saturated carbocycles. The largest absolute Gasteiger partial charge is 0.494 e. The number of carbonyl (C=O) groups is 1. The minimum Gasteiger partial charge on any atom is -0.494 e. The van der Waals surface area contributed by atoms with Crippen molar-refractivity contribution in [3.8, 4) is 5.88 Å². The highest BCUT2D eigenvalue weighted by molar-refractivity contribution is 8.23. The van der Waals surface area contributed by atoms with E-state index >= 15 is 0 Å². The van der Waals surface area contributed by atoms with Crippen LogP contribution in [0.1, 0.15) is 18.4 Å². The van der Waals surface area contributed by atoms with Gasteiger partial charge in [0.05, 0.1) is 12.0 Å². The van der Waals surface area contributed by atoms with E-state index in [1.165, 1.54) is 11.8 Å². The summed E-state index contributed by atoms with van der Waals surface area (Å²) in [6.07, 6.45) is 3.16. The summed E-state index contributed by atoms with van der Waals surface area (Å²) in [6, 6.07) is 0. The number of aromatic hydroxyl groups is 1. The van der Waals surface area contributed by atoms with E-state index < -0.39 is 23.0 Å². The molecule has 2 rings (SSSR count). The summed E-state index contributed by atoms with van der Waals surface area (Å²) in [5.41, 5.74) is 0.319. The zero-order valence-electron chi connectivity index (χ0n) is 12.0. The number of aromatic nitrogens is 2. The van der Waals surface area contributed by atoms with Crippen LogP contribution in [-0.2, 0) is 4.79 Å². The Bertz CT molecular complexity index is 736. The van der Waals surface area contributed by atoms with Gasteiger partial charge in [-0.15, -0.1) is 0 Å². The summed E-state index contributed by atoms with van der Waals surface area (Å²) < 4.78 is 0.677. The minimum atomic E-state index is -0.833. The monoisotopic (exact) mass is 357 g/mol. The lowest BCUT2D eigenvalue weighted by Gasteiger charge is -2.16. The van der Waals surface area contributed by atoms with Crippen LogP contribution in [0.3, 0.4) is 0 Å². The Labute approximate surface area is 140 Å². The van der Waals surface area contributed by atoms with Gasteiger partial charge in [0.15, 0.2) is 0 Å². The fourth-order valence-corrected chi connectivity index (χ4v) is 2.97. The number of thiocarbonyl (C=S) groups is 1. The van der Waals surface area contributed by atoms with Crippen LogP contribution in [-0.4, -0.2) is 55.3 Å². The molecular formula is C12H15N5O4S2. The smallest absolute Gasteiger partial charge is 0.328 e. The highest BCUT2D eigenvalue weighted by Crippen LogP contribution is 2.15. The molecule has 0 unspecified atom stereocenters. The van der Waals surface area contributed by atoms with E-state index in [1.807, 2.05) is 9.97 Å². The van der Waals surface area contributed by atoms with Crippen molar-refractivity contribution in [1.82, 2.24) is 20.3 Å². The predicted molar refractivity (Wildman–Crippen MR) is 90.9 cm³/mol. The Morgan fingerprint density at radius 1 is 1.39 bits per heavy atom. The van der Waals surface area contributed by atoms with E-state index in [0.29, 0.717) is 4.32 Å². The Balaban J connectivity index is 1.83. The Kier molecular flexibility index (Phi) is 5.93. The van der Waals surface area contributed by atoms with Gasteiger partial charge >= 0.3 is 5.69 Å². The van der Waals surface area contributed by atoms with Crippen LogP contribution in [0.2, 0.25) is 0 Å². The van der Waals surface area contributed by atoms with Crippen LogP contribution in [0.25, 0.3) is 0 Å². The first-order valence-electron chi connectivity index (χ1n) is 6.76. The second-order valence-electron chi connectivity index (χ2n) is 4.71. The van der Waals surface area contributed by atoms with E-state index in [0.717, 1.165) is 32.1 Å². The van der Waals surface area contributed by atoms with Crippen LogP contribution in [0.5, 0.6) is 5.88 Å². The maximum absolute atomic E-state index is 11.6. The van der Waals surface area contributed by atoms with Gasteiger partial charge in [-0.3, -0.25) is 19.6 Å². The summed E-state index contributed by atoms with van der Waals surface area (Å²) in [5.74, 6) is -0.921. The minimum absolute atomic E-state index is 0.0979. The van der Waals surface area contributed by atoms with Crippen molar-refractivity contribution >= 4 is 40.4 Å². The second kappa shape index (κ2) is 7.92. The van der Waals surface area contributed by atoms with Gasteiger partial charge in [-0.25, -0.2) is 10.2 Å². The number of hydrazone groups is 1. The van der Waals surface area contributed by atoms with Gasteiger partial charge in [-0.2, -0.15) is 5.10 Å². The molecule has 1 aliphatic rings. The van der Waals surface area contributed by atoms with Gasteiger partial charge in [-0.1, -0.05) is 24.0 Å². The SMILES string of the molecule is O=C(CSC(=S)N1CCCC1)N/N=C/c1c(O)[nH]c(=O)[nH]c1=O. The van der Waals surface area contributed by atoms with Crippen molar-refractivity contribution in [3.63, 3.8) is 0 Å². The van der Waals surface area contributed by atoms with Crippen molar-refractivity contribution in [2.45, 2.75) is 12.8 Å². The molecule has 0 radical (unpaired) electrons. The predicted octanol–water partition coefficient (Wildman–Crippen LogP) is -0.667. The van der Waals surface area contributed by atoms with Crippen LogP contribution in [0, 0.1) is 0 Å². The second-order valence-corrected chi connectivity index (χ2v) is 6.32. The van der Waals surface area contributed by atoms with Crippen molar-refractivity contribution in [3.05, 3.63) is 26.4 Å². The molecule has 2 heterocycles. The van der Waals surface area contributed by atoms with E-state index in [4.69, 9.17) is 12.2 Å². The van der Waals surface area contributed by atoms with Crippen molar-refractivity contribution in [1.29, 1.82) is 0 Å². The van der Waals surface area contributed by atoms with Gasteiger partial charge in [0.2, 0.25) is 5.88 Å². The lowest BCUT2D eigenvalue weighted by Crippen LogP contribution is -2.27. The zero-order valence-corrected chi connectivity index (χ0v) is 13.6. The fourth-order valence-electron chi connectivity index (χ4n) is 1.92. The normalized spacial score (nSPS) is 14.3. The Morgan fingerprint density at radius 2 is 2.09 bits per heavy atom. The first-order chi connectivity index (χ1) is 11.0. The first-order valence-corrected chi connectivity index (χ1v) is 8.16. The van der Waals surface area contributed by atoms with Gasteiger partial charge in [0.25, 0.3) is 11.5 Å². The van der Waals surface area contributed by atoms with Crippen LogP contribution >= 0.6 is 24.0 Å². The number of likely N-dealkylation sites (tertiary alicyclic amines) is 1.